The fourth-order valence-corrected chi connectivity index (χ4v) is 17.0. The molecule has 37 heavy (non-hydrogen) atoms. The van der Waals surface area contributed by atoms with E-state index < -0.39 is 8.07 Å². The number of hydrogen-bond acceptors (Lipinski definition) is 1. The van der Waals surface area contributed by atoms with E-state index >= 15 is 0 Å². The lowest BCUT2D eigenvalue weighted by Crippen LogP contribution is -2.55. The Morgan fingerprint density at radius 2 is 1.27 bits per heavy atom. The van der Waals surface area contributed by atoms with E-state index in [0.29, 0.717) is 10.8 Å². The minimum absolute atomic E-state index is 0.331. The van der Waals surface area contributed by atoms with Gasteiger partial charge in [0.1, 0.15) is 0 Å². The molecule has 0 unspecified atom stereocenters. The Kier molecular flexibility index (Phi) is 6.41. The second kappa shape index (κ2) is 9.25. The zero-order valence-electron chi connectivity index (χ0n) is 24.5. The van der Waals surface area contributed by atoms with Gasteiger partial charge in [0.05, 0.1) is 25.5 Å². The average Bonchev–Trinajstić information content (AvgIpc) is 3.25. The molecule has 0 atom stereocenters. The molecule has 200 valence electrons. The minimum atomic E-state index is -1.73. The summed E-state index contributed by atoms with van der Waals surface area (Å²) in [5.41, 5.74) is 8.68. The van der Waals surface area contributed by atoms with Crippen LogP contribution in [0.1, 0.15) is 130 Å². The van der Waals surface area contributed by atoms with Crippen LogP contribution in [0.3, 0.4) is 0 Å². The second-order valence-electron chi connectivity index (χ2n) is 14.2. The number of nitrogens with one attached hydrogen (secondary N) is 1. The maximum Gasteiger partial charge on any atom is 0.0942 e. The lowest BCUT2D eigenvalue weighted by atomic mass is 9.54. The van der Waals surface area contributed by atoms with E-state index in [2.05, 4.69) is 70.9 Å². The average molecular weight is 515 g/mol. The van der Waals surface area contributed by atoms with Crippen LogP contribution in [0.5, 0.6) is 0 Å². The molecule has 0 radical (unpaired) electrons. The van der Waals surface area contributed by atoms with Gasteiger partial charge in [0.25, 0.3) is 0 Å². The highest BCUT2D eigenvalue weighted by molar-refractivity contribution is 6.95. The SMILES string of the molecule is CC(C)[Si](c1ccc2[nH]c3cnc4c(c3c2c1)C1(CCCCC1)CCC41CCCCC1)(C(C)C)C(C)C. The molecule has 0 amide bonds. The molecule has 2 spiro atoms. The number of benzene rings is 1. The molecular weight excluding hydrogens is 464 g/mol. The van der Waals surface area contributed by atoms with Gasteiger partial charge in [0.15, 0.2) is 0 Å². The fraction of sp³-hybridized carbons (Fsp3) is 0.676. The van der Waals surface area contributed by atoms with Gasteiger partial charge in [-0.1, -0.05) is 97.4 Å². The van der Waals surface area contributed by atoms with Crippen molar-refractivity contribution in [2.45, 2.75) is 146 Å². The van der Waals surface area contributed by atoms with Crippen molar-refractivity contribution in [3.05, 3.63) is 35.7 Å². The van der Waals surface area contributed by atoms with Crippen molar-refractivity contribution in [2.24, 2.45) is 0 Å². The molecule has 3 heteroatoms. The van der Waals surface area contributed by atoms with Crippen molar-refractivity contribution >= 4 is 35.1 Å². The molecule has 2 nitrogen and oxygen atoms in total. The Morgan fingerprint density at radius 3 is 1.86 bits per heavy atom. The van der Waals surface area contributed by atoms with Crippen molar-refractivity contribution in [3.8, 4) is 0 Å². The van der Waals surface area contributed by atoms with Gasteiger partial charge < -0.3 is 4.98 Å². The van der Waals surface area contributed by atoms with Crippen molar-refractivity contribution in [1.29, 1.82) is 0 Å². The summed E-state index contributed by atoms with van der Waals surface area (Å²) in [6.07, 6.45) is 18.8. The minimum Gasteiger partial charge on any atom is -0.353 e. The van der Waals surface area contributed by atoms with E-state index in [-0.39, 0.29) is 0 Å². The molecular formula is C34H50N2Si. The summed E-state index contributed by atoms with van der Waals surface area (Å²) in [6, 6.07) is 7.61. The zero-order chi connectivity index (χ0) is 26.0. The molecule has 0 saturated heterocycles. The topological polar surface area (TPSA) is 28.7 Å². The summed E-state index contributed by atoms with van der Waals surface area (Å²) in [7, 11) is -1.73. The molecule has 3 aromatic rings. The van der Waals surface area contributed by atoms with Crippen LogP contribution < -0.4 is 5.19 Å². The van der Waals surface area contributed by atoms with Gasteiger partial charge in [0, 0.05) is 21.7 Å². The Bertz CT molecular complexity index is 1260. The Labute approximate surface area is 226 Å². The first-order chi connectivity index (χ1) is 17.8. The number of nitrogens with zero attached hydrogens (tertiary/aromatic N) is 1. The number of H-pyrrole nitrogens is 1. The lowest BCUT2D eigenvalue weighted by Gasteiger charge is -2.50. The highest BCUT2D eigenvalue weighted by Gasteiger charge is 2.50. The molecule has 3 aliphatic carbocycles. The molecule has 2 heterocycles. The van der Waals surface area contributed by atoms with Gasteiger partial charge in [-0.15, -0.1) is 0 Å². The van der Waals surface area contributed by atoms with Gasteiger partial charge in [-0.3, -0.25) is 4.98 Å². The second-order valence-corrected chi connectivity index (χ2v) is 20.1. The van der Waals surface area contributed by atoms with Crippen molar-refractivity contribution in [1.82, 2.24) is 9.97 Å². The number of fused-ring (bicyclic) bond motifs is 7. The third-order valence-corrected chi connectivity index (χ3v) is 18.8. The van der Waals surface area contributed by atoms with Crippen LogP contribution in [-0.4, -0.2) is 18.0 Å². The zero-order valence-corrected chi connectivity index (χ0v) is 25.5. The van der Waals surface area contributed by atoms with E-state index in [1.165, 1.54) is 99.2 Å². The van der Waals surface area contributed by atoms with Crippen LogP contribution in [0.4, 0.5) is 0 Å². The third-order valence-electron chi connectivity index (χ3n) is 11.7. The van der Waals surface area contributed by atoms with Crippen LogP contribution in [0.2, 0.25) is 16.6 Å². The Balaban J connectivity index is 1.66. The number of pyridine rings is 1. The van der Waals surface area contributed by atoms with Gasteiger partial charge in [0.2, 0.25) is 0 Å². The molecule has 1 N–H and O–H groups in total. The molecule has 3 aliphatic rings. The molecule has 2 aromatic heterocycles. The first kappa shape index (κ1) is 25.7. The molecule has 0 aliphatic heterocycles. The van der Waals surface area contributed by atoms with Crippen LogP contribution >= 0.6 is 0 Å². The molecule has 6 rings (SSSR count). The maximum absolute atomic E-state index is 5.40. The Hall–Kier alpha value is -1.61. The van der Waals surface area contributed by atoms with Crippen LogP contribution in [0, 0.1) is 0 Å². The van der Waals surface area contributed by atoms with Crippen LogP contribution in [-0.2, 0) is 10.8 Å². The summed E-state index contributed by atoms with van der Waals surface area (Å²) in [5, 5.41) is 4.74. The summed E-state index contributed by atoms with van der Waals surface area (Å²) in [4.78, 5) is 9.26. The van der Waals surface area contributed by atoms with E-state index in [1.54, 1.807) is 16.1 Å². The number of rotatable bonds is 4. The summed E-state index contributed by atoms with van der Waals surface area (Å²) < 4.78 is 0. The highest BCUT2D eigenvalue weighted by atomic mass is 28.3. The predicted molar refractivity (Wildman–Crippen MR) is 163 cm³/mol. The lowest BCUT2D eigenvalue weighted by molar-refractivity contribution is 0.172. The van der Waals surface area contributed by atoms with E-state index in [1.807, 2.05) is 0 Å². The standard InChI is InChI=1S/C34H50N2Si/c1-23(2)37(24(3)4,25(5)6)26-13-14-28-27(21-26)30-29(36-28)22-35-32-31(30)33(15-9-7-10-16-33)19-20-34(32)17-11-8-12-18-34/h13-14,21-25,36H,7-12,15-20H2,1-6H3. The van der Waals surface area contributed by atoms with Crippen molar-refractivity contribution < 1.29 is 0 Å². The largest absolute Gasteiger partial charge is 0.353 e. The normalized spacial score (nSPS) is 21.6. The molecule has 2 saturated carbocycles. The quantitative estimate of drug-likeness (QED) is 0.345. The maximum atomic E-state index is 5.40. The van der Waals surface area contributed by atoms with E-state index in [9.17, 15) is 0 Å². The fourth-order valence-electron chi connectivity index (χ4n) is 10.2. The number of aromatic amines is 1. The van der Waals surface area contributed by atoms with Crippen molar-refractivity contribution in [2.75, 3.05) is 0 Å². The third kappa shape index (κ3) is 3.65. The summed E-state index contributed by atoms with van der Waals surface area (Å²) in [6.45, 7) is 15.0. The van der Waals surface area contributed by atoms with Gasteiger partial charge in [-0.2, -0.15) is 0 Å². The predicted octanol–water partition coefficient (Wildman–Crippen LogP) is 9.80. The Morgan fingerprint density at radius 1 is 0.703 bits per heavy atom. The molecule has 2 fully saturated rings. The van der Waals surface area contributed by atoms with Crippen molar-refractivity contribution in [3.63, 3.8) is 0 Å². The smallest absolute Gasteiger partial charge is 0.0942 e. The van der Waals surface area contributed by atoms with E-state index in [4.69, 9.17) is 4.98 Å². The van der Waals surface area contributed by atoms with E-state index in [0.717, 1.165) is 16.6 Å². The highest BCUT2D eigenvalue weighted by Crippen LogP contribution is 2.58. The van der Waals surface area contributed by atoms with Gasteiger partial charge >= 0.3 is 0 Å². The molecule has 0 bridgehead atoms. The van der Waals surface area contributed by atoms with Gasteiger partial charge in [-0.05, 0) is 72.2 Å². The monoisotopic (exact) mass is 514 g/mol. The number of hydrogen-bond donors (Lipinski definition) is 1. The molecule has 1 aromatic carbocycles. The van der Waals surface area contributed by atoms with Gasteiger partial charge in [-0.25, -0.2) is 0 Å². The first-order valence-electron chi connectivity index (χ1n) is 15.7. The number of aromatic nitrogens is 2. The summed E-state index contributed by atoms with van der Waals surface area (Å²) in [5.74, 6) is 0. The summed E-state index contributed by atoms with van der Waals surface area (Å²) >= 11 is 0. The van der Waals surface area contributed by atoms with Crippen LogP contribution in [0.25, 0.3) is 21.8 Å². The first-order valence-corrected chi connectivity index (χ1v) is 17.9. The van der Waals surface area contributed by atoms with Crippen LogP contribution in [0.15, 0.2) is 24.4 Å².